The highest BCUT2D eigenvalue weighted by Crippen LogP contribution is 2.35. The lowest BCUT2D eigenvalue weighted by Crippen LogP contribution is -2.23. The molecule has 1 N–H and O–H groups in total. The summed E-state index contributed by atoms with van der Waals surface area (Å²) in [7, 11) is 0. The quantitative estimate of drug-likeness (QED) is 0.942. The Labute approximate surface area is 123 Å². The fourth-order valence-corrected chi connectivity index (χ4v) is 2.94. The van der Waals surface area contributed by atoms with Crippen molar-refractivity contribution in [3.05, 3.63) is 40.9 Å². The number of nitrogens with zero attached hydrogens (tertiary/aromatic N) is 2. The van der Waals surface area contributed by atoms with Crippen molar-refractivity contribution in [2.45, 2.75) is 24.7 Å². The van der Waals surface area contributed by atoms with E-state index in [2.05, 4.69) is 15.5 Å². The molecule has 1 aromatic heterocycles. The van der Waals surface area contributed by atoms with Crippen molar-refractivity contribution < 1.29 is 17.9 Å². The summed E-state index contributed by atoms with van der Waals surface area (Å²) in [5.41, 5.74) is 0.994. The zero-order chi connectivity index (χ0) is 14.9. The lowest BCUT2D eigenvalue weighted by atomic mass is 10.0. The van der Waals surface area contributed by atoms with Crippen LogP contribution < -0.4 is 5.32 Å². The number of anilines is 1. The zero-order valence-corrected chi connectivity index (χ0v) is 11.6. The average Bonchev–Trinajstić information content (AvgIpc) is 3.09. The van der Waals surface area contributed by atoms with E-state index in [-0.39, 0.29) is 17.3 Å². The van der Waals surface area contributed by atoms with Crippen LogP contribution in [0.25, 0.3) is 0 Å². The van der Waals surface area contributed by atoms with E-state index in [0.717, 1.165) is 5.56 Å². The number of hydrogen-bond acceptors (Lipinski definition) is 5. The van der Waals surface area contributed by atoms with Crippen LogP contribution in [0.2, 0.25) is 0 Å². The monoisotopic (exact) mass is 315 g/mol. The molecular formula is C13H12F3N3OS. The smallest absolute Gasteiger partial charge is 0.371 e. The molecule has 112 valence electrons. The number of alkyl halides is 3. The van der Waals surface area contributed by atoms with Gasteiger partial charge in [-0.3, -0.25) is 0 Å². The van der Waals surface area contributed by atoms with Gasteiger partial charge in [0.25, 0.3) is 0 Å². The van der Waals surface area contributed by atoms with Gasteiger partial charge in [0, 0.05) is 6.61 Å². The maximum absolute atomic E-state index is 12.5. The van der Waals surface area contributed by atoms with E-state index in [9.17, 15) is 13.2 Å². The molecule has 1 fully saturated rings. The van der Waals surface area contributed by atoms with Crippen LogP contribution in [0.5, 0.6) is 0 Å². The third kappa shape index (κ3) is 3.16. The lowest BCUT2D eigenvalue weighted by molar-refractivity contribution is -0.138. The van der Waals surface area contributed by atoms with Crippen LogP contribution in [-0.4, -0.2) is 22.8 Å². The molecule has 0 aliphatic carbocycles. The van der Waals surface area contributed by atoms with Crippen molar-refractivity contribution in [3.8, 4) is 0 Å². The Hall–Kier alpha value is -1.67. The van der Waals surface area contributed by atoms with Crippen molar-refractivity contribution in [1.82, 2.24) is 10.2 Å². The van der Waals surface area contributed by atoms with Crippen molar-refractivity contribution in [3.63, 3.8) is 0 Å². The van der Waals surface area contributed by atoms with Crippen LogP contribution in [0.4, 0.5) is 18.3 Å². The summed E-state index contributed by atoms with van der Waals surface area (Å²) < 4.78 is 43.2. The Balaban J connectivity index is 1.73. The van der Waals surface area contributed by atoms with Gasteiger partial charge in [0.15, 0.2) is 0 Å². The lowest BCUT2D eigenvalue weighted by Gasteiger charge is -2.19. The third-order valence-electron chi connectivity index (χ3n) is 3.20. The summed E-state index contributed by atoms with van der Waals surface area (Å²) in [6, 6.07) is 9.47. The highest BCUT2D eigenvalue weighted by atomic mass is 32.1. The second-order valence-electron chi connectivity index (χ2n) is 4.65. The molecule has 0 saturated carbocycles. The number of hydrogen-bond donors (Lipinski definition) is 1. The van der Waals surface area contributed by atoms with Crippen LogP contribution in [-0.2, 0) is 10.9 Å². The van der Waals surface area contributed by atoms with Gasteiger partial charge in [-0.05, 0) is 12.0 Å². The molecule has 8 heteroatoms. The Morgan fingerprint density at radius 1 is 1.19 bits per heavy atom. The molecule has 21 heavy (non-hydrogen) atoms. The topological polar surface area (TPSA) is 47.0 Å². The van der Waals surface area contributed by atoms with Crippen molar-refractivity contribution in [1.29, 1.82) is 0 Å². The minimum Gasteiger partial charge on any atom is -0.371 e. The van der Waals surface area contributed by atoms with Crippen LogP contribution in [0.3, 0.4) is 0 Å². The summed E-state index contributed by atoms with van der Waals surface area (Å²) in [5, 5.41) is 8.95. The van der Waals surface area contributed by atoms with E-state index in [1.165, 1.54) is 0 Å². The van der Waals surface area contributed by atoms with E-state index < -0.39 is 11.2 Å². The first-order valence-electron chi connectivity index (χ1n) is 6.38. The van der Waals surface area contributed by atoms with Gasteiger partial charge < -0.3 is 10.1 Å². The summed E-state index contributed by atoms with van der Waals surface area (Å²) in [4.78, 5) is 0. The van der Waals surface area contributed by atoms with Crippen molar-refractivity contribution >= 4 is 16.5 Å². The number of aromatic nitrogens is 2. The fourth-order valence-electron chi connectivity index (χ4n) is 2.26. The number of nitrogens with one attached hydrogen (secondary N) is 1. The van der Waals surface area contributed by atoms with Crippen LogP contribution in [0, 0.1) is 0 Å². The molecule has 2 atom stereocenters. The minimum absolute atomic E-state index is 0.110. The average molecular weight is 315 g/mol. The molecule has 2 aromatic rings. The highest BCUT2D eigenvalue weighted by molar-refractivity contribution is 7.15. The van der Waals surface area contributed by atoms with Crippen molar-refractivity contribution in [2.75, 3.05) is 11.9 Å². The van der Waals surface area contributed by atoms with E-state index in [1.54, 1.807) is 0 Å². The van der Waals surface area contributed by atoms with Crippen LogP contribution in [0.15, 0.2) is 30.3 Å². The normalized spacial score (nSPS) is 22.4. The van der Waals surface area contributed by atoms with Gasteiger partial charge in [0.2, 0.25) is 10.1 Å². The van der Waals surface area contributed by atoms with Gasteiger partial charge in [-0.2, -0.15) is 13.2 Å². The van der Waals surface area contributed by atoms with E-state index in [0.29, 0.717) is 24.4 Å². The molecule has 0 spiro atoms. The molecule has 2 heterocycles. The van der Waals surface area contributed by atoms with E-state index in [1.807, 2.05) is 30.3 Å². The zero-order valence-electron chi connectivity index (χ0n) is 10.8. The maximum Gasteiger partial charge on any atom is 0.445 e. The first-order valence-corrected chi connectivity index (χ1v) is 7.19. The number of rotatable bonds is 3. The molecule has 2 unspecified atom stereocenters. The second-order valence-corrected chi connectivity index (χ2v) is 5.63. The van der Waals surface area contributed by atoms with Gasteiger partial charge in [-0.1, -0.05) is 41.7 Å². The second kappa shape index (κ2) is 5.61. The van der Waals surface area contributed by atoms with Gasteiger partial charge in [-0.15, -0.1) is 10.2 Å². The Morgan fingerprint density at radius 3 is 2.62 bits per heavy atom. The first-order chi connectivity index (χ1) is 10.0. The molecule has 1 aromatic carbocycles. The Morgan fingerprint density at radius 2 is 1.95 bits per heavy atom. The fraction of sp³-hybridized carbons (Fsp3) is 0.385. The summed E-state index contributed by atoms with van der Waals surface area (Å²) in [6.45, 7) is 0.558. The van der Waals surface area contributed by atoms with Crippen LogP contribution >= 0.6 is 11.3 Å². The molecule has 0 radical (unpaired) electrons. The van der Waals surface area contributed by atoms with Gasteiger partial charge in [0.05, 0.1) is 6.04 Å². The van der Waals surface area contributed by atoms with E-state index >= 15 is 0 Å². The standard InChI is InChI=1S/C13H12F3N3OS/c14-13(15,16)11-18-19-12(21-11)17-9-6-7-20-10(9)8-4-2-1-3-5-8/h1-5,9-10H,6-7H2,(H,17,19). The highest BCUT2D eigenvalue weighted by Gasteiger charge is 2.36. The minimum atomic E-state index is -4.46. The largest absolute Gasteiger partial charge is 0.445 e. The predicted molar refractivity (Wildman–Crippen MR) is 72.1 cm³/mol. The molecule has 4 nitrogen and oxygen atoms in total. The van der Waals surface area contributed by atoms with E-state index in [4.69, 9.17) is 4.74 Å². The molecule has 3 rings (SSSR count). The third-order valence-corrected chi connectivity index (χ3v) is 4.10. The summed E-state index contributed by atoms with van der Waals surface area (Å²) >= 11 is 0.510. The number of halogens is 3. The first kappa shape index (κ1) is 14.3. The Kier molecular flexibility index (Phi) is 3.81. The molecule has 1 saturated heterocycles. The number of benzene rings is 1. The Bertz CT molecular complexity index is 602. The summed E-state index contributed by atoms with van der Waals surface area (Å²) in [6.07, 6.45) is -3.94. The SMILES string of the molecule is FC(F)(F)c1nnc(NC2CCOC2c2ccccc2)s1. The van der Waals surface area contributed by atoms with Crippen LogP contribution in [0.1, 0.15) is 23.1 Å². The molecule has 1 aliphatic rings. The predicted octanol–water partition coefficient (Wildman–Crippen LogP) is 3.50. The van der Waals surface area contributed by atoms with Gasteiger partial charge >= 0.3 is 6.18 Å². The van der Waals surface area contributed by atoms with Gasteiger partial charge in [-0.25, -0.2) is 0 Å². The molecule has 0 amide bonds. The van der Waals surface area contributed by atoms with Gasteiger partial charge in [0.1, 0.15) is 6.10 Å². The maximum atomic E-state index is 12.5. The molecule has 1 aliphatic heterocycles. The van der Waals surface area contributed by atoms with Crippen molar-refractivity contribution in [2.24, 2.45) is 0 Å². The summed E-state index contributed by atoms with van der Waals surface area (Å²) in [5.74, 6) is 0. The molecular weight excluding hydrogens is 303 g/mol. The molecule has 0 bridgehead atoms. The number of ether oxygens (including phenoxy) is 1.